The van der Waals surface area contributed by atoms with Gasteiger partial charge >= 0.3 is 0 Å². The van der Waals surface area contributed by atoms with Gasteiger partial charge in [0.1, 0.15) is 11.6 Å². The molecular weight excluding hydrogens is 247 g/mol. The minimum absolute atomic E-state index is 0.0135. The molecule has 0 heterocycles. The molecule has 0 radical (unpaired) electrons. The van der Waals surface area contributed by atoms with E-state index in [-0.39, 0.29) is 23.7 Å². The van der Waals surface area contributed by atoms with Crippen molar-refractivity contribution in [3.63, 3.8) is 0 Å². The van der Waals surface area contributed by atoms with Crippen LogP contribution in [-0.4, -0.2) is 31.0 Å². The fourth-order valence-electron chi connectivity index (χ4n) is 2.38. The monoisotopic (exact) mass is 266 g/mol. The summed E-state index contributed by atoms with van der Waals surface area (Å²) in [6.07, 6.45) is 1.48. The third-order valence-corrected chi connectivity index (χ3v) is 3.55. The predicted molar refractivity (Wildman–Crippen MR) is 70.1 cm³/mol. The van der Waals surface area contributed by atoms with Gasteiger partial charge in [-0.2, -0.15) is 0 Å². The maximum atomic E-state index is 13.2. The van der Waals surface area contributed by atoms with Crippen molar-refractivity contribution in [1.29, 1.82) is 0 Å². The Morgan fingerprint density at radius 1 is 1.53 bits per heavy atom. The van der Waals surface area contributed by atoms with E-state index in [9.17, 15) is 9.18 Å². The number of benzene rings is 1. The summed E-state index contributed by atoms with van der Waals surface area (Å²) in [5.41, 5.74) is 6.35. The summed E-state index contributed by atoms with van der Waals surface area (Å²) in [6, 6.07) is 4.46. The smallest absolute Gasteiger partial charge is 0.225 e. The van der Waals surface area contributed by atoms with Gasteiger partial charge in [0.2, 0.25) is 5.91 Å². The molecule has 0 spiro atoms. The number of amides is 1. The molecule has 0 bridgehead atoms. The van der Waals surface area contributed by atoms with Crippen molar-refractivity contribution < 1.29 is 13.9 Å². The van der Waals surface area contributed by atoms with Crippen LogP contribution in [0.25, 0.3) is 0 Å². The maximum Gasteiger partial charge on any atom is 0.225 e. The SMILES string of the molecule is COc1ccc(F)cc1CN(C)C(=O)C1CC(N)C1. The van der Waals surface area contributed by atoms with Crippen LogP contribution in [0.1, 0.15) is 18.4 Å². The van der Waals surface area contributed by atoms with E-state index in [1.165, 1.54) is 19.2 Å². The first-order valence-electron chi connectivity index (χ1n) is 6.34. The molecule has 1 aromatic carbocycles. The molecule has 0 atom stereocenters. The lowest BCUT2D eigenvalue weighted by Gasteiger charge is -2.34. The molecule has 1 saturated carbocycles. The van der Waals surface area contributed by atoms with Crippen LogP contribution in [0.3, 0.4) is 0 Å². The normalized spacial score (nSPS) is 21.7. The molecule has 2 N–H and O–H groups in total. The van der Waals surface area contributed by atoms with Crippen molar-refractivity contribution in [1.82, 2.24) is 4.90 Å². The lowest BCUT2D eigenvalue weighted by atomic mass is 9.80. The fraction of sp³-hybridized carbons (Fsp3) is 0.500. The van der Waals surface area contributed by atoms with E-state index in [1.807, 2.05) is 0 Å². The molecule has 1 aliphatic rings. The molecule has 1 amide bonds. The summed E-state index contributed by atoms with van der Waals surface area (Å²) in [7, 11) is 3.25. The van der Waals surface area contributed by atoms with Gasteiger partial charge in [0.25, 0.3) is 0 Å². The lowest BCUT2D eigenvalue weighted by Crippen LogP contribution is -2.45. The number of ether oxygens (including phenoxy) is 1. The highest BCUT2D eigenvalue weighted by Crippen LogP contribution is 2.28. The van der Waals surface area contributed by atoms with Crippen LogP contribution in [0.15, 0.2) is 18.2 Å². The Labute approximate surface area is 112 Å². The summed E-state index contributed by atoms with van der Waals surface area (Å²) in [4.78, 5) is 13.7. The zero-order chi connectivity index (χ0) is 14.0. The molecule has 104 valence electrons. The number of hydrogen-bond donors (Lipinski definition) is 1. The number of methoxy groups -OCH3 is 1. The van der Waals surface area contributed by atoms with E-state index in [1.54, 1.807) is 18.0 Å². The maximum absolute atomic E-state index is 13.2. The summed E-state index contributed by atoms with van der Waals surface area (Å²) in [6.45, 7) is 0.339. The topological polar surface area (TPSA) is 55.6 Å². The van der Waals surface area contributed by atoms with Crippen LogP contribution >= 0.6 is 0 Å². The Morgan fingerprint density at radius 2 is 2.21 bits per heavy atom. The van der Waals surface area contributed by atoms with E-state index >= 15 is 0 Å². The quantitative estimate of drug-likeness (QED) is 0.899. The van der Waals surface area contributed by atoms with Crippen molar-refractivity contribution in [2.24, 2.45) is 11.7 Å². The van der Waals surface area contributed by atoms with Gasteiger partial charge < -0.3 is 15.4 Å². The highest BCUT2D eigenvalue weighted by atomic mass is 19.1. The van der Waals surface area contributed by atoms with Gasteiger partial charge in [-0.3, -0.25) is 4.79 Å². The van der Waals surface area contributed by atoms with Crippen molar-refractivity contribution >= 4 is 5.91 Å². The summed E-state index contributed by atoms with van der Waals surface area (Å²) in [5.74, 6) is 0.334. The highest BCUT2D eigenvalue weighted by Gasteiger charge is 2.33. The second kappa shape index (κ2) is 5.57. The van der Waals surface area contributed by atoms with Crippen LogP contribution in [-0.2, 0) is 11.3 Å². The number of halogens is 1. The summed E-state index contributed by atoms with van der Waals surface area (Å²) < 4.78 is 18.4. The molecule has 1 aromatic rings. The Bertz CT molecular complexity index is 473. The third-order valence-electron chi connectivity index (χ3n) is 3.55. The first-order valence-corrected chi connectivity index (χ1v) is 6.34. The Kier molecular flexibility index (Phi) is 4.04. The van der Waals surface area contributed by atoms with Crippen molar-refractivity contribution in [2.75, 3.05) is 14.2 Å². The fourth-order valence-corrected chi connectivity index (χ4v) is 2.38. The average molecular weight is 266 g/mol. The van der Waals surface area contributed by atoms with Crippen molar-refractivity contribution in [2.45, 2.75) is 25.4 Å². The molecule has 0 saturated heterocycles. The molecule has 2 rings (SSSR count). The molecule has 19 heavy (non-hydrogen) atoms. The molecule has 5 heteroatoms. The largest absolute Gasteiger partial charge is 0.496 e. The Morgan fingerprint density at radius 3 is 2.79 bits per heavy atom. The van der Waals surface area contributed by atoms with Gasteiger partial charge in [0.15, 0.2) is 0 Å². The van der Waals surface area contributed by atoms with Crippen LogP contribution in [0.2, 0.25) is 0 Å². The van der Waals surface area contributed by atoms with Crippen LogP contribution in [0.4, 0.5) is 4.39 Å². The van der Waals surface area contributed by atoms with Gasteiger partial charge in [-0.25, -0.2) is 4.39 Å². The van der Waals surface area contributed by atoms with E-state index in [4.69, 9.17) is 10.5 Å². The van der Waals surface area contributed by atoms with Crippen molar-refractivity contribution in [3.8, 4) is 5.75 Å². The number of nitrogens with two attached hydrogens (primary N) is 1. The first kappa shape index (κ1) is 13.8. The van der Waals surface area contributed by atoms with Crippen LogP contribution in [0.5, 0.6) is 5.75 Å². The molecule has 1 aliphatic carbocycles. The molecular formula is C14H19FN2O2. The summed E-state index contributed by atoms with van der Waals surface area (Å²) >= 11 is 0. The zero-order valence-corrected chi connectivity index (χ0v) is 11.2. The van der Waals surface area contributed by atoms with Gasteiger partial charge in [-0.15, -0.1) is 0 Å². The third kappa shape index (κ3) is 3.04. The van der Waals surface area contributed by atoms with Gasteiger partial charge in [0, 0.05) is 31.1 Å². The van der Waals surface area contributed by atoms with Crippen LogP contribution in [0, 0.1) is 11.7 Å². The number of hydrogen-bond acceptors (Lipinski definition) is 3. The number of rotatable bonds is 4. The van der Waals surface area contributed by atoms with Gasteiger partial charge in [-0.05, 0) is 31.0 Å². The molecule has 0 aliphatic heterocycles. The molecule has 1 fully saturated rings. The Hall–Kier alpha value is -1.62. The number of carbonyl (C=O) groups excluding carboxylic acids is 1. The second-order valence-corrected chi connectivity index (χ2v) is 5.08. The number of nitrogens with zero attached hydrogens (tertiary/aromatic N) is 1. The van der Waals surface area contributed by atoms with E-state index in [0.717, 1.165) is 12.8 Å². The van der Waals surface area contributed by atoms with Gasteiger partial charge in [-0.1, -0.05) is 0 Å². The number of carbonyl (C=O) groups is 1. The van der Waals surface area contributed by atoms with Gasteiger partial charge in [0.05, 0.1) is 7.11 Å². The molecule has 0 aromatic heterocycles. The first-order chi connectivity index (χ1) is 9.01. The second-order valence-electron chi connectivity index (χ2n) is 5.08. The molecule has 4 nitrogen and oxygen atoms in total. The zero-order valence-electron chi connectivity index (χ0n) is 11.2. The van der Waals surface area contributed by atoms with Crippen LogP contribution < -0.4 is 10.5 Å². The Balaban J connectivity index is 2.03. The van der Waals surface area contributed by atoms with E-state index in [2.05, 4.69) is 0 Å². The minimum atomic E-state index is -0.331. The predicted octanol–water partition coefficient (Wildman–Crippen LogP) is 1.53. The minimum Gasteiger partial charge on any atom is -0.496 e. The summed E-state index contributed by atoms with van der Waals surface area (Å²) in [5, 5.41) is 0. The van der Waals surface area contributed by atoms with E-state index in [0.29, 0.717) is 17.9 Å². The standard InChI is InChI=1S/C14H19FN2O2/c1-17(14(18)9-6-12(16)7-9)8-10-5-11(15)3-4-13(10)19-2/h3-5,9,12H,6-8,16H2,1-2H3. The lowest BCUT2D eigenvalue weighted by molar-refractivity contribution is -0.137. The van der Waals surface area contributed by atoms with Crippen molar-refractivity contribution in [3.05, 3.63) is 29.6 Å². The average Bonchev–Trinajstić information content (AvgIpc) is 2.34. The molecule has 0 unspecified atom stereocenters. The highest BCUT2D eigenvalue weighted by molar-refractivity contribution is 5.79. The van der Waals surface area contributed by atoms with E-state index < -0.39 is 0 Å².